The Morgan fingerprint density at radius 2 is 0.860 bits per heavy atom. The summed E-state index contributed by atoms with van der Waals surface area (Å²) in [6.45, 7) is 4.81. The lowest BCUT2D eigenvalue weighted by Crippen LogP contribution is -2.15. The molecule has 0 N–H and O–H groups in total. The predicted molar refractivity (Wildman–Crippen MR) is 212 cm³/mol. The van der Waals surface area contributed by atoms with Gasteiger partial charge in [0, 0.05) is 16.2 Å². The lowest BCUT2D eigenvalue weighted by Gasteiger charge is -2.24. The van der Waals surface area contributed by atoms with Gasteiger partial charge in [0.25, 0.3) is 0 Å². The van der Waals surface area contributed by atoms with Crippen LogP contribution in [0.4, 0.5) is 0 Å². The number of hydrogen-bond acceptors (Lipinski definition) is 1. The van der Waals surface area contributed by atoms with Crippen molar-refractivity contribution in [1.82, 2.24) is 0 Å². The van der Waals surface area contributed by atoms with Crippen molar-refractivity contribution in [2.24, 2.45) is 0 Å². The highest BCUT2D eigenvalue weighted by atomic mass is 16.3. The van der Waals surface area contributed by atoms with Gasteiger partial charge in [-0.3, -0.25) is 0 Å². The molecule has 1 nitrogen and oxygen atoms in total. The SMILES string of the molecule is CC1(C)c2cc3ccccc3cc2-c2c1cc(-c1c3ccccc3c(-c3cccc4oc5ccccc5c34)c3ccccc13)c1ccccc21. The van der Waals surface area contributed by atoms with Crippen molar-refractivity contribution < 1.29 is 4.42 Å². The van der Waals surface area contributed by atoms with Crippen molar-refractivity contribution in [2.75, 3.05) is 0 Å². The van der Waals surface area contributed by atoms with Gasteiger partial charge in [-0.2, -0.15) is 0 Å². The van der Waals surface area contributed by atoms with E-state index in [9.17, 15) is 0 Å². The second-order valence-corrected chi connectivity index (χ2v) is 14.4. The fourth-order valence-electron chi connectivity index (χ4n) is 9.17. The Hall–Kier alpha value is -6.18. The molecule has 0 unspecified atom stereocenters. The summed E-state index contributed by atoms with van der Waals surface area (Å²) in [6.07, 6.45) is 0. The number of para-hydroxylation sites is 1. The monoisotopic (exact) mass is 636 g/mol. The molecule has 0 fully saturated rings. The van der Waals surface area contributed by atoms with Crippen molar-refractivity contribution >= 4 is 65.0 Å². The van der Waals surface area contributed by atoms with Crippen LogP contribution in [0.3, 0.4) is 0 Å². The molecule has 1 heterocycles. The number of hydrogen-bond donors (Lipinski definition) is 0. The summed E-state index contributed by atoms with van der Waals surface area (Å²) in [5.74, 6) is 0. The van der Waals surface area contributed by atoms with Gasteiger partial charge in [0.2, 0.25) is 0 Å². The van der Waals surface area contributed by atoms with Crippen LogP contribution in [0.2, 0.25) is 0 Å². The Morgan fingerprint density at radius 3 is 1.52 bits per heavy atom. The summed E-state index contributed by atoms with van der Waals surface area (Å²) in [4.78, 5) is 0. The Balaban J connectivity index is 1.28. The van der Waals surface area contributed by atoms with Gasteiger partial charge in [-0.25, -0.2) is 0 Å². The average molecular weight is 637 g/mol. The van der Waals surface area contributed by atoms with E-state index in [2.05, 4.69) is 166 Å². The van der Waals surface area contributed by atoms with Gasteiger partial charge < -0.3 is 4.42 Å². The molecule has 1 heteroatoms. The Labute approximate surface area is 290 Å². The van der Waals surface area contributed by atoms with Crippen LogP contribution in [-0.4, -0.2) is 0 Å². The van der Waals surface area contributed by atoms with E-state index in [1.165, 1.54) is 93.0 Å². The van der Waals surface area contributed by atoms with Crippen LogP contribution in [0.25, 0.3) is 98.4 Å². The second-order valence-electron chi connectivity index (χ2n) is 14.4. The molecule has 234 valence electrons. The third-order valence-corrected chi connectivity index (χ3v) is 11.4. The number of benzene rings is 9. The first kappa shape index (κ1) is 27.7. The van der Waals surface area contributed by atoms with Gasteiger partial charge in [0.15, 0.2) is 0 Å². The smallest absolute Gasteiger partial charge is 0.136 e. The molecule has 0 amide bonds. The highest BCUT2D eigenvalue weighted by Gasteiger charge is 2.38. The average Bonchev–Trinajstić information content (AvgIpc) is 3.64. The molecule has 10 aromatic rings. The number of furan rings is 1. The molecular formula is C49H32O. The van der Waals surface area contributed by atoms with Crippen LogP contribution in [0.1, 0.15) is 25.0 Å². The van der Waals surface area contributed by atoms with E-state index in [0.717, 1.165) is 16.6 Å². The summed E-state index contributed by atoms with van der Waals surface area (Å²) in [5.41, 5.74) is 12.2. The predicted octanol–water partition coefficient (Wildman–Crippen LogP) is 13.8. The van der Waals surface area contributed by atoms with Crippen LogP contribution >= 0.6 is 0 Å². The zero-order chi connectivity index (χ0) is 33.1. The topological polar surface area (TPSA) is 13.1 Å². The first-order valence-corrected chi connectivity index (χ1v) is 17.5. The van der Waals surface area contributed by atoms with Gasteiger partial charge in [-0.1, -0.05) is 141 Å². The summed E-state index contributed by atoms with van der Waals surface area (Å²) < 4.78 is 6.39. The van der Waals surface area contributed by atoms with E-state index < -0.39 is 0 Å². The van der Waals surface area contributed by atoms with Gasteiger partial charge >= 0.3 is 0 Å². The molecule has 0 saturated carbocycles. The molecule has 0 radical (unpaired) electrons. The number of fused-ring (bicyclic) bond motifs is 11. The van der Waals surface area contributed by atoms with Crippen LogP contribution in [0, 0.1) is 0 Å². The highest BCUT2D eigenvalue weighted by Crippen LogP contribution is 2.55. The van der Waals surface area contributed by atoms with E-state index in [-0.39, 0.29) is 5.41 Å². The minimum Gasteiger partial charge on any atom is -0.456 e. The molecule has 9 aromatic carbocycles. The molecule has 1 aliphatic rings. The summed E-state index contributed by atoms with van der Waals surface area (Å²) >= 11 is 0. The van der Waals surface area contributed by atoms with E-state index in [1.807, 2.05) is 6.07 Å². The van der Waals surface area contributed by atoms with E-state index >= 15 is 0 Å². The van der Waals surface area contributed by atoms with Crippen molar-refractivity contribution in [3.8, 4) is 33.4 Å². The molecule has 0 bridgehead atoms. The van der Waals surface area contributed by atoms with Crippen LogP contribution < -0.4 is 0 Å². The Kier molecular flexibility index (Phi) is 5.51. The maximum atomic E-state index is 6.39. The third-order valence-electron chi connectivity index (χ3n) is 11.4. The van der Waals surface area contributed by atoms with Crippen LogP contribution in [0.5, 0.6) is 0 Å². The maximum absolute atomic E-state index is 6.39. The molecule has 0 saturated heterocycles. The molecule has 50 heavy (non-hydrogen) atoms. The number of rotatable bonds is 2. The van der Waals surface area contributed by atoms with Crippen molar-refractivity contribution in [3.63, 3.8) is 0 Å². The summed E-state index contributed by atoms with van der Waals surface area (Å²) in [6, 6.07) is 58.1. The van der Waals surface area contributed by atoms with E-state index in [0.29, 0.717) is 0 Å². The Bertz CT molecular complexity index is 3010. The lowest BCUT2D eigenvalue weighted by molar-refractivity contribution is 0.662. The quantitative estimate of drug-likeness (QED) is 0.172. The molecule has 11 rings (SSSR count). The molecule has 0 spiro atoms. The van der Waals surface area contributed by atoms with Crippen molar-refractivity contribution in [1.29, 1.82) is 0 Å². The standard InChI is InChI=1S/C49H32O/c1-49(2)41-27-30-15-4-3-14-29(30)26-40(41)47-32-17-6-5-16-31(32)39(28-42(47)49)46-35-20-9-7-18-33(35)45(34-19-8-10-21-36(34)46)38-23-13-25-44-48(38)37-22-11-12-24-43(37)50-44/h3-28H,1-2H3. The van der Waals surface area contributed by atoms with Gasteiger partial charge in [-0.05, 0) is 118 Å². The minimum absolute atomic E-state index is 0.156. The maximum Gasteiger partial charge on any atom is 0.136 e. The van der Waals surface area contributed by atoms with Crippen molar-refractivity contribution in [2.45, 2.75) is 19.3 Å². The second kappa shape index (κ2) is 9.94. The highest BCUT2D eigenvalue weighted by molar-refractivity contribution is 6.27. The first-order chi connectivity index (χ1) is 24.6. The molecule has 0 atom stereocenters. The molecule has 1 aliphatic carbocycles. The molecule has 1 aromatic heterocycles. The Morgan fingerprint density at radius 1 is 0.360 bits per heavy atom. The van der Waals surface area contributed by atoms with Gasteiger partial charge in [0.1, 0.15) is 11.2 Å². The van der Waals surface area contributed by atoms with Crippen molar-refractivity contribution in [3.05, 3.63) is 169 Å². The van der Waals surface area contributed by atoms with Crippen LogP contribution in [0.15, 0.2) is 162 Å². The third kappa shape index (κ3) is 3.62. The fraction of sp³-hybridized carbons (Fsp3) is 0.0612. The fourth-order valence-corrected chi connectivity index (χ4v) is 9.17. The van der Waals surface area contributed by atoms with Gasteiger partial charge in [0.05, 0.1) is 0 Å². The largest absolute Gasteiger partial charge is 0.456 e. The lowest BCUT2D eigenvalue weighted by atomic mass is 9.78. The molecule has 0 aliphatic heterocycles. The van der Waals surface area contributed by atoms with Crippen LogP contribution in [-0.2, 0) is 5.41 Å². The van der Waals surface area contributed by atoms with E-state index in [4.69, 9.17) is 4.42 Å². The zero-order valence-corrected chi connectivity index (χ0v) is 27.9. The zero-order valence-electron chi connectivity index (χ0n) is 27.9. The molecular weight excluding hydrogens is 605 g/mol. The van der Waals surface area contributed by atoms with E-state index in [1.54, 1.807) is 0 Å². The minimum atomic E-state index is -0.156. The summed E-state index contributed by atoms with van der Waals surface area (Å²) in [5, 5.41) is 12.5. The first-order valence-electron chi connectivity index (χ1n) is 17.5. The summed E-state index contributed by atoms with van der Waals surface area (Å²) in [7, 11) is 0. The van der Waals surface area contributed by atoms with Gasteiger partial charge in [-0.15, -0.1) is 0 Å². The normalized spacial score (nSPS) is 13.6.